The number of nitrogens with one attached hydrogen (secondary N) is 2. The Morgan fingerprint density at radius 1 is 1.25 bits per heavy atom. The number of amides is 1. The number of benzene rings is 1. The Morgan fingerprint density at radius 3 is 2.79 bits per heavy atom. The summed E-state index contributed by atoms with van der Waals surface area (Å²) >= 11 is 0. The maximum atomic E-state index is 12.3. The molecule has 0 atom stereocenters. The van der Waals surface area contributed by atoms with Gasteiger partial charge in [-0.25, -0.2) is 0 Å². The van der Waals surface area contributed by atoms with Crippen molar-refractivity contribution in [2.75, 3.05) is 13.2 Å². The predicted octanol–water partition coefficient (Wildman–Crippen LogP) is 3.04. The smallest absolute Gasteiger partial charge is 0.268 e. The van der Waals surface area contributed by atoms with E-state index in [9.17, 15) is 9.59 Å². The summed E-state index contributed by atoms with van der Waals surface area (Å²) in [6.45, 7) is 2.91. The second kappa shape index (κ2) is 7.34. The van der Waals surface area contributed by atoms with E-state index in [2.05, 4.69) is 10.3 Å². The van der Waals surface area contributed by atoms with Crippen molar-refractivity contribution in [1.29, 1.82) is 0 Å². The van der Waals surface area contributed by atoms with E-state index in [0.717, 1.165) is 41.8 Å². The topological polar surface area (TPSA) is 71.2 Å². The highest BCUT2D eigenvalue weighted by Gasteiger charge is 2.26. The minimum atomic E-state index is -0.158. The van der Waals surface area contributed by atoms with Crippen LogP contribution in [0.15, 0.2) is 30.3 Å². The van der Waals surface area contributed by atoms with Crippen LogP contribution in [0.3, 0.4) is 0 Å². The lowest BCUT2D eigenvalue weighted by molar-refractivity contribution is 0.0945. The Bertz CT molecular complexity index is 735. The van der Waals surface area contributed by atoms with Gasteiger partial charge in [0, 0.05) is 24.2 Å². The highest BCUT2D eigenvalue weighted by atomic mass is 16.5. The van der Waals surface area contributed by atoms with Crippen molar-refractivity contribution in [2.45, 2.75) is 32.6 Å². The van der Waals surface area contributed by atoms with Gasteiger partial charge in [0.2, 0.25) is 0 Å². The monoisotopic (exact) mass is 326 g/mol. The van der Waals surface area contributed by atoms with Crippen molar-refractivity contribution in [2.24, 2.45) is 0 Å². The number of para-hydroxylation sites is 1. The Hall–Kier alpha value is -2.56. The zero-order valence-corrected chi connectivity index (χ0v) is 13.9. The first-order valence-corrected chi connectivity index (χ1v) is 8.37. The number of H-pyrrole nitrogens is 1. The standard InChI is InChI=1S/C19H22N2O3/c1-13-17-15(9-5-10-16(17)22)21-18(13)19(23)20-11-6-12-24-14-7-3-2-4-8-14/h2-4,7-8,21H,5-6,9-12H2,1H3,(H,20,23). The molecule has 0 bridgehead atoms. The average Bonchev–Trinajstić information content (AvgIpc) is 2.93. The van der Waals surface area contributed by atoms with Crippen LogP contribution in [-0.2, 0) is 6.42 Å². The number of Topliss-reactive ketones (excluding diaryl/α,β-unsaturated/α-hetero) is 1. The number of carbonyl (C=O) groups is 2. The highest BCUT2D eigenvalue weighted by Crippen LogP contribution is 2.26. The van der Waals surface area contributed by atoms with Gasteiger partial charge >= 0.3 is 0 Å². The lowest BCUT2D eigenvalue weighted by atomic mass is 9.94. The van der Waals surface area contributed by atoms with E-state index in [1.54, 1.807) is 0 Å². The number of aromatic nitrogens is 1. The molecule has 2 N–H and O–H groups in total. The molecule has 0 saturated carbocycles. The molecule has 0 radical (unpaired) electrons. The molecular weight excluding hydrogens is 304 g/mol. The molecule has 5 nitrogen and oxygen atoms in total. The molecule has 0 aliphatic heterocycles. The summed E-state index contributed by atoms with van der Waals surface area (Å²) in [6, 6.07) is 9.60. The summed E-state index contributed by atoms with van der Waals surface area (Å²) in [5, 5.41) is 2.89. The first-order valence-electron chi connectivity index (χ1n) is 8.37. The normalized spacial score (nSPS) is 13.5. The number of fused-ring (bicyclic) bond motifs is 1. The molecule has 1 aliphatic rings. The number of hydrogen-bond donors (Lipinski definition) is 2. The van der Waals surface area contributed by atoms with Gasteiger partial charge in [0.15, 0.2) is 5.78 Å². The van der Waals surface area contributed by atoms with E-state index in [0.29, 0.717) is 25.3 Å². The van der Waals surface area contributed by atoms with E-state index in [4.69, 9.17) is 4.74 Å². The van der Waals surface area contributed by atoms with Crippen LogP contribution in [0.2, 0.25) is 0 Å². The Labute approximate surface area is 141 Å². The molecule has 0 unspecified atom stereocenters. The van der Waals surface area contributed by atoms with Crippen LogP contribution in [-0.4, -0.2) is 29.8 Å². The van der Waals surface area contributed by atoms with E-state index >= 15 is 0 Å². The van der Waals surface area contributed by atoms with Gasteiger partial charge in [0.25, 0.3) is 5.91 Å². The van der Waals surface area contributed by atoms with Crippen LogP contribution in [0, 0.1) is 6.92 Å². The first kappa shape index (κ1) is 16.3. The van der Waals surface area contributed by atoms with Gasteiger partial charge in [-0.05, 0) is 43.9 Å². The highest BCUT2D eigenvalue weighted by molar-refractivity contribution is 6.04. The van der Waals surface area contributed by atoms with Crippen molar-refractivity contribution in [3.8, 4) is 5.75 Å². The third kappa shape index (κ3) is 3.50. The van der Waals surface area contributed by atoms with Gasteiger partial charge in [0.05, 0.1) is 6.61 Å². The van der Waals surface area contributed by atoms with E-state index < -0.39 is 0 Å². The van der Waals surface area contributed by atoms with Gasteiger partial charge in [-0.3, -0.25) is 9.59 Å². The van der Waals surface area contributed by atoms with E-state index in [-0.39, 0.29) is 11.7 Å². The second-order valence-corrected chi connectivity index (χ2v) is 6.03. The van der Waals surface area contributed by atoms with E-state index in [1.807, 2.05) is 37.3 Å². The molecule has 1 aliphatic carbocycles. The summed E-state index contributed by atoms with van der Waals surface area (Å²) in [6.07, 6.45) is 2.98. The molecule has 126 valence electrons. The zero-order valence-electron chi connectivity index (χ0n) is 13.9. The predicted molar refractivity (Wildman–Crippen MR) is 91.7 cm³/mol. The van der Waals surface area contributed by atoms with Gasteiger partial charge in [-0.2, -0.15) is 0 Å². The molecule has 24 heavy (non-hydrogen) atoms. The van der Waals surface area contributed by atoms with Crippen molar-refractivity contribution < 1.29 is 14.3 Å². The van der Waals surface area contributed by atoms with Crippen LogP contribution < -0.4 is 10.1 Å². The number of carbonyl (C=O) groups excluding carboxylic acids is 2. The molecule has 1 aromatic heterocycles. The number of ketones is 1. The van der Waals surface area contributed by atoms with Crippen LogP contribution in [0.5, 0.6) is 5.75 Å². The van der Waals surface area contributed by atoms with Gasteiger partial charge in [-0.15, -0.1) is 0 Å². The minimum absolute atomic E-state index is 0.139. The zero-order chi connectivity index (χ0) is 16.9. The maximum absolute atomic E-state index is 12.3. The van der Waals surface area contributed by atoms with Crippen LogP contribution in [0.25, 0.3) is 0 Å². The van der Waals surface area contributed by atoms with Crippen LogP contribution in [0.1, 0.15) is 51.4 Å². The number of rotatable bonds is 6. The fourth-order valence-electron chi connectivity index (χ4n) is 3.07. The van der Waals surface area contributed by atoms with E-state index in [1.165, 1.54) is 0 Å². The largest absolute Gasteiger partial charge is 0.494 e. The Morgan fingerprint density at radius 2 is 2.04 bits per heavy atom. The Balaban J connectivity index is 1.50. The molecule has 2 aromatic rings. The number of ether oxygens (including phenoxy) is 1. The molecule has 0 fully saturated rings. The third-order valence-corrected chi connectivity index (χ3v) is 4.28. The molecule has 5 heteroatoms. The lowest BCUT2D eigenvalue weighted by Crippen LogP contribution is -2.26. The SMILES string of the molecule is Cc1c(C(=O)NCCCOc2ccccc2)[nH]c2c1C(=O)CCC2. The third-order valence-electron chi connectivity index (χ3n) is 4.28. The lowest BCUT2D eigenvalue weighted by Gasteiger charge is -2.09. The van der Waals surface area contributed by atoms with Crippen LogP contribution in [0.4, 0.5) is 0 Å². The van der Waals surface area contributed by atoms with Gasteiger partial charge < -0.3 is 15.0 Å². The van der Waals surface area contributed by atoms with Crippen molar-refractivity contribution in [3.63, 3.8) is 0 Å². The van der Waals surface area contributed by atoms with Crippen molar-refractivity contribution >= 4 is 11.7 Å². The average molecular weight is 326 g/mol. The quantitative estimate of drug-likeness (QED) is 0.802. The molecular formula is C19H22N2O3. The summed E-state index contributed by atoms with van der Waals surface area (Å²) in [5.74, 6) is 0.810. The maximum Gasteiger partial charge on any atom is 0.268 e. The fourth-order valence-corrected chi connectivity index (χ4v) is 3.07. The second-order valence-electron chi connectivity index (χ2n) is 6.03. The van der Waals surface area contributed by atoms with Gasteiger partial charge in [0.1, 0.15) is 11.4 Å². The summed E-state index contributed by atoms with van der Waals surface area (Å²) in [5.41, 5.74) is 2.91. The summed E-state index contributed by atoms with van der Waals surface area (Å²) in [7, 11) is 0. The van der Waals surface area contributed by atoms with Gasteiger partial charge in [-0.1, -0.05) is 18.2 Å². The number of hydrogen-bond acceptors (Lipinski definition) is 3. The fraction of sp³-hybridized carbons (Fsp3) is 0.368. The Kier molecular flexibility index (Phi) is 4.99. The summed E-state index contributed by atoms with van der Waals surface area (Å²) in [4.78, 5) is 27.5. The molecule has 0 saturated heterocycles. The molecule has 1 aromatic carbocycles. The molecule has 3 rings (SSSR count). The molecule has 0 spiro atoms. The molecule has 1 heterocycles. The number of aromatic amines is 1. The van der Waals surface area contributed by atoms with Crippen LogP contribution >= 0.6 is 0 Å². The van der Waals surface area contributed by atoms with Crippen molar-refractivity contribution in [3.05, 3.63) is 52.8 Å². The van der Waals surface area contributed by atoms with Crippen molar-refractivity contribution in [1.82, 2.24) is 10.3 Å². The molecule has 1 amide bonds. The number of aryl methyl sites for hydroxylation is 1. The minimum Gasteiger partial charge on any atom is -0.494 e. The first-order chi connectivity index (χ1) is 11.7. The summed E-state index contributed by atoms with van der Waals surface area (Å²) < 4.78 is 5.59.